The molecular formula is C13H20N2O3S. The zero-order valence-electron chi connectivity index (χ0n) is 11.5. The van der Waals surface area contributed by atoms with Gasteiger partial charge in [-0.25, -0.2) is 8.42 Å². The first-order valence-electron chi connectivity index (χ1n) is 6.18. The molecule has 1 aliphatic rings. The lowest BCUT2D eigenvalue weighted by Gasteiger charge is -2.05. The van der Waals surface area contributed by atoms with Crippen LogP contribution in [0.2, 0.25) is 0 Å². The maximum atomic E-state index is 10.4. The number of rotatable bonds is 2. The molecule has 0 radical (unpaired) electrons. The predicted molar refractivity (Wildman–Crippen MR) is 73.5 cm³/mol. The zero-order valence-corrected chi connectivity index (χ0v) is 12.3. The van der Waals surface area contributed by atoms with Crippen LogP contribution < -0.4 is 5.32 Å². The van der Waals surface area contributed by atoms with E-state index in [9.17, 15) is 13.0 Å². The van der Waals surface area contributed by atoms with Crippen molar-refractivity contribution in [3.8, 4) is 0 Å². The molecule has 0 saturated heterocycles. The van der Waals surface area contributed by atoms with E-state index in [0.717, 1.165) is 18.5 Å². The maximum absolute atomic E-state index is 10.4. The maximum Gasteiger partial charge on any atom is 0.244 e. The smallest absolute Gasteiger partial charge is 0.244 e. The quantitative estimate of drug-likeness (QED) is 0.648. The van der Waals surface area contributed by atoms with Crippen LogP contribution in [0.15, 0.2) is 29.2 Å². The third-order valence-corrected chi connectivity index (χ3v) is 3.73. The molecule has 0 unspecified atom stereocenters. The minimum absolute atomic E-state index is 0.178. The van der Waals surface area contributed by atoms with Gasteiger partial charge in [-0.05, 0) is 19.1 Å². The van der Waals surface area contributed by atoms with Crippen LogP contribution in [-0.2, 0) is 10.1 Å². The molecule has 1 aromatic carbocycles. The zero-order chi connectivity index (χ0) is 14.5. The van der Waals surface area contributed by atoms with Gasteiger partial charge in [-0.3, -0.25) is 9.89 Å². The molecule has 0 aromatic heterocycles. The van der Waals surface area contributed by atoms with Crippen LogP contribution in [-0.4, -0.2) is 43.5 Å². The summed E-state index contributed by atoms with van der Waals surface area (Å²) in [5.74, 6) is 1.38. The molecule has 2 rings (SSSR count). The summed E-state index contributed by atoms with van der Waals surface area (Å²) in [6.45, 7) is 6.29. The van der Waals surface area contributed by atoms with Crippen molar-refractivity contribution in [2.75, 3.05) is 20.1 Å². The largest absolute Gasteiger partial charge is 0.744 e. The molecule has 6 heteroatoms. The predicted octanol–water partition coefficient (Wildman–Crippen LogP) is 0.940. The third kappa shape index (κ3) is 5.00. The minimum atomic E-state index is -4.27. The summed E-state index contributed by atoms with van der Waals surface area (Å²) in [6, 6.07) is 5.78. The summed E-state index contributed by atoms with van der Waals surface area (Å²) in [5, 5.41) is 3.30. The molecule has 106 valence electrons. The number of benzene rings is 1. The van der Waals surface area contributed by atoms with Gasteiger partial charge in [0.15, 0.2) is 0 Å². The minimum Gasteiger partial charge on any atom is -0.744 e. The Kier molecular flexibility index (Phi) is 5.50. The molecular weight excluding hydrogens is 264 g/mol. The van der Waals surface area contributed by atoms with Gasteiger partial charge in [0, 0.05) is 6.42 Å². The Morgan fingerprint density at radius 3 is 2.21 bits per heavy atom. The summed E-state index contributed by atoms with van der Waals surface area (Å²) < 4.78 is 33.4. The molecule has 19 heavy (non-hydrogen) atoms. The van der Waals surface area contributed by atoms with Crippen molar-refractivity contribution in [1.82, 2.24) is 5.32 Å². The third-order valence-electron chi connectivity index (χ3n) is 2.88. The fourth-order valence-corrected chi connectivity index (χ4v) is 2.21. The lowest BCUT2D eigenvalue weighted by Crippen LogP contribution is -2.19. The highest BCUT2D eigenvalue weighted by Gasteiger charge is 2.13. The summed E-state index contributed by atoms with van der Waals surface area (Å²) in [7, 11) is -2.15. The summed E-state index contributed by atoms with van der Waals surface area (Å²) in [4.78, 5) is -0.178. The number of likely N-dealkylation sites (N-methyl/N-ethyl adjacent to an activating group) is 1. The van der Waals surface area contributed by atoms with E-state index in [1.165, 1.54) is 24.5 Å². The van der Waals surface area contributed by atoms with Crippen LogP contribution in [0.1, 0.15) is 18.9 Å². The fourth-order valence-electron chi connectivity index (χ4n) is 1.74. The highest BCUT2D eigenvalue weighted by atomic mass is 32.2. The second kappa shape index (κ2) is 6.68. The van der Waals surface area contributed by atoms with Gasteiger partial charge in [-0.15, -0.1) is 0 Å². The van der Waals surface area contributed by atoms with Gasteiger partial charge in [-0.2, -0.15) is 0 Å². The van der Waals surface area contributed by atoms with Crippen LogP contribution in [0.3, 0.4) is 0 Å². The Hall–Kier alpha value is -1.40. The highest BCUT2D eigenvalue weighted by Crippen LogP contribution is 2.08. The van der Waals surface area contributed by atoms with Gasteiger partial charge >= 0.3 is 0 Å². The lowest BCUT2D eigenvalue weighted by molar-refractivity contribution is -0.487. The van der Waals surface area contributed by atoms with Gasteiger partial charge in [0.2, 0.25) is 5.84 Å². The van der Waals surface area contributed by atoms with Gasteiger partial charge in [0.1, 0.15) is 23.2 Å². The molecule has 1 aliphatic heterocycles. The normalized spacial score (nSPS) is 14.7. The van der Waals surface area contributed by atoms with E-state index in [-0.39, 0.29) is 4.90 Å². The number of nitrogens with one attached hydrogen (secondary N) is 1. The van der Waals surface area contributed by atoms with E-state index in [1.807, 2.05) is 6.92 Å². The molecule has 0 aliphatic carbocycles. The van der Waals surface area contributed by atoms with Crippen molar-refractivity contribution in [2.24, 2.45) is 0 Å². The van der Waals surface area contributed by atoms with Crippen LogP contribution in [0.5, 0.6) is 0 Å². The van der Waals surface area contributed by atoms with E-state index >= 15 is 0 Å². The van der Waals surface area contributed by atoms with Crippen molar-refractivity contribution >= 4 is 16.0 Å². The summed E-state index contributed by atoms with van der Waals surface area (Å²) in [6.07, 6.45) is 1.14. The Morgan fingerprint density at radius 2 is 1.89 bits per heavy atom. The monoisotopic (exact) mass is 284 g/mol. The molecule has 1 aromatic rings. The standard InChI is InChI=1S/C7H8O3S.C6H12N2/c1-6-2-4-7(5-3-6)11(8,9)10;1-3-6-7-4-5-8(6)2/h2-5H,1H3,(H,8,9,10);3-5H2,1-2H3. The Labute approximate surface area is 114 Å². The fraction of sp³-hybridized carbons (Fsp3) is 0.462. The number of hydrogen-bond donors (Lipinski definition) is 1. The van der Waals surface area contributed by atoms with Crippen molar-refractivity contribution in [3.63, 3.8) is 0 Å². The number of nitrogens with zero attached hydrogens (tertiary/aromatic N) is 1. The first-order chi connectivity index (χ1) is 8.84. The molecule has 1 N–H and O–H groups in total. The Balaban J connectivity index is 0.000000200. The Morgan fingerprint density at radius 1 is 1.32 bits per heavy atom. The van der Waals surface area contributed by atoms with Gasteiger partial charge in [0.25, 0.3) is 0 Å². The van der Waals surface area contributed by atoms with Crippen LogP contribution in [0.4, 0.5) is 0 Å². The summed E-state index contributed by atoms with van der Waals surface area (Å²) in [5.41, 5.74) is 0.928. The molecule has 0 atom stereocenters. The first kappa shape index (κ1) is 15.7. The second-order valence-corrected chi connectivity index (χ2v) is 5.80. The van der Waals surface area contributed by atoms with E-state index in [4.69, 9.17) is 0 Å². The SMILES string of the molecule is CCC1=[N+](C)CCN1.Cc1ccc(S(=O)(=O)[O-])cc1. The van der Waals surface area contributed by atoms with Crippen molar-refractivity contribution in [3.05, 3.63) is 29.8 Å². The van der Waals surface area contributed by atoms with Gasteiger partial charge in [0.05, 0.1) is 11.9 Å². The van der Waals surface area contributed by atoms with Crippen LogP contribution in [0, 0.1) is 6.92 Å². The van der Waals surface area contributed by atoms with E-state index in [2.05, 4.69) is 23.9 Å². The van der Waals surface area contributed by atoms with Gasteiger partial charge < -0.3 is 4.55 Å². The number of hydrogen-bond acceptors (Lipinski definition) is 4. The van der Waals surface area contributed by atoms with E-state index in [1.54, 1.807) is 12.1 Å². The van der Waals surface area contributed by atoms with Crippen molar-refractivity contribution in [2.45, 2.75) is 25.2 Å². The number of amidine groups is 1. The first-order valence-corrected chi connectivity index (χ1v) is 7.59. The van der Waals surface area contributed by atoms with Crippen molar-refractivity contribution in [1.29, 1.82) is 0 Å². The molecule has 0 amide bonds. The average molecular weight is 284 g/mol. The summed E-state index contributed by atoms with van der Waals surface area (Å²) >= 11 is 0. The average Bonchev–Trinajstić information content (AvgIpc) is 2.75. The lowest BCUT2D eigenvalue weighted by atomic mass is 10.2. The van der Waals surface area contributed by atoms with Crippen molar-refractivity contribution < 1.29 is 17.5 Å². The van der Waals surface area contributed by atoms with E-state index in [0.29, 0.717) is 0 Å². The molecule has 0 saturated carbocycles. The van der Waals surface area contributed by atoms with E-state index < -0.39 is 10.1 Å². The molecule has 0 fully saturated rings. The van der Waals surface area contributed by atoms with Crippen LogP contribution in [0.25, 0.3) is 0 Å². The Bertz CT molecular complexity index is 548. The topological polar surface area (TPSA) is 72.2 Å². The van der Waals surface area contributed by atoms with Gasteiger partial charge in [-0.1, -0.05) is 24.6 Å². The molecule has 0 spiro atoms. The molecule has 0 bridgehead atoms. The van der Waals surface area contributed by atoms with Crippen LogP contribution >= 0.6 is 0 Å². The second-order valence-electron chi connectivity index (χ2n) is 4.42. The molecule has 1 heterocycles. The number of aryl methyl sites for hydroxylation is 1. The molecule has 5 nitrogen and oxygen atoms in total. The highest BCUT2D eigenvalue weighted by molar-refractivity contribution is 7.85.